The molecule has 0 bridgehead atoms. The standard InChI is InChI=1S/C14H22N4O/c1-10-6-11(2)18(16-10)9-14(19)17-7-12-4-3-5-15-13(12)8-17/h6,12-13,15H,3-5,7-9H2,1-2H3/t12-,13+/m0/s1. The molecule has 2 saturated heterocycles. The molecule has 5 heteroatoms. The molecule has 104 valence electrons. The molecule has 1 amide bonds. The van der Waals surface area contributed by atoms with Crippen LogP contribution in [0.3, 0.4) is 0 Å². The van der Waals surface area contributed by atoms with Gasteiger partial charge in [-0.3, -0.25) is 9.48 Å². The first-order chi connectivity index (χ1) is 9.13. The third-order valence-electron chi connectivity index (χ3n) is 4.34. The lowest BCUT2D eigenvalue weighted by Gasteiger charge is -2.24. The van der Waals surface area contributed by atoms with Crippen molar-refractivity contribution in [3.63, 3.8) is 0 Å². The lowest BCUT2D eigenvalue weighted by Crippen LogP contribution is -2.41. The van der Waals surface area contributed by atoms with Crippen molar-refractivity contribution in [2.75, 3.05) is 19.6 Å². The van der Waals surface area contributed by atoms with Gasteiger partial charge in [0.15, 0.2) is 0 Å². The van der Waals surface area contributed by atoms with Gasteiger partial charge < -0.3 is 10.2 Å². The average Bonchev–Trinajstić information content (AvgIpc) is 2.93. The molecule has 19 heavy (non-hydrogen) atoms. The monoisotopic (exact) mass is 262 g/mol. The molecule has 2 atom stereocenters. The second-order valence-corrected chi connectivity index (χ2v) is 5.85. The minimum atomic E-state index is 0.197. The largest absolute Gasteiger partial charge is 0.339 e. The predicted octanol–water partition coefficient (Wildman–Crippen LogP) is 0.710. The van der Waals surface area contributed by atoms with Gasteiger partial charge in [-0.1, -0.05) is 0 Å². The van der Waals surface area contributed by atoms with Gasteiger partial charge in [0.25, 0.3) is 0 Å². The van der Waals surface area contributed by atoms with E-state index in [9.17, 15) is 4.79 Å². The number of nitrogens with one attached hydrogen (secondary N) is 1. The quantitative estimate of drug-likeness (QED) is 0.854. The van der Waals surface area contributed by atoms with Gasteiger partial charge in [0.2, 0.25) is 5.91 Å². The number of nitrogens with zero attached hydrogens (tertiary/aromatic N) is 3. The number of aromatic nitrogens is 2. The highest BCUT2D eigenvalue weighted by atomic mass is 16.2. The number of rotatable bonds is 2. The highest BCUT2D eigenvalue weighted by Crippen LogP contribution is 2.25. The molecule has 0 aliphatic carbocycles. The lowest BCUT2D eigenvalue weighted by molar-refractivity contribution is -0.131. The summed E-state index contributed by atoms with van der Waals surface area (Å²) in [5.74, 6) is 0.848. The fraction of sp³-hybridized carbons (Fsp3) is 0.714. The zero-order chi connectivity index (χ0) is 13.4. The molecule has 0 aromatic carbocycles. The number of carbonyl (C=O) groups excluding carboxylic acids is 1. The molecule has 0 radical (unpaired) electrons. The van der Waals surface area contributed by atoms with Gasteiger partial charge in [-0.05, 0) is 45.2 Å². The second-order valence-electron chi connectivity index (χ2n) is 5.85. The number of likely N-dealkylation sites (tertiary alicyclic amines) is 1. The lowest BCUT2D eigenvalue weighted by atomic mass is 9.94. The normalized spacial score (nSPS) is 26.5. The van der Waals surface area contributed by atoms with Crippen molar-refractivity contribution in [2.24, 2.45) is 5.92 Å². The summed E-state index contributed by atoms with van der Waals surface area (Å²) in [7, 11) is 0. The van der Waals surface area contributed by atoms with Crippen LogP contribution in [0.25, 0.3) is 0 Å². The first kappa shape index (κ1) is 12.7. The van der Waals surface area contributed by atoms with E-state index in [2.05, 4.69) is 10.4 Å². The summed E-state index contributed by atoms with van der Waals surface area (Å²) in [6.45, 7) is 7.21. The summed E-state index contributed by atoms with van der Waals surface area (Å²) in [4.78, 5) is 14.4. The van der Waals surface area contributed by atoms with E-state index in [1.54, 1.807) is 0 Å². The molecule has 1 aromatic heterocycles. The molecule has 1 N–H and O–H groups in total. The Bertz CT molecular complexity index is 468. The number of piperidine rings is 1. The van der Waals surface area contributed by atoms with Crippen LogP contribution in [0.1, 0.15) is 24.2 Å². The molecule has 2 aliphatic heterocycles. The smallest absolute Gasteiger partial charge is 0.244 e. The van der Waals surface area contributed by atoms with Crippen LogP contribution in [-0.4, -0.2) is 46.3 Å². The number of hydrogen-bond donors (Lipinski definition) is 1. The average molecular weight is 262 g/mol. The second kappa shape index (κ2) is 4.96. The van der Waals surface area contributed by atoms with Gasteiger partial charge >= 0.3 is 0 Å². The Kier molecular flexibility index (Phi) is 3.31. The van der Waals surface area contributed by atoms with E-state index in [-0.39, 0.29) is 5.91 Å². The van der Waals surface area contributed by atoms with Crippen molar-refractivity contribution in [3.8, 4) is 0 Å². The molecular formula is C14H22N4O. The third-order valence-corrected chi connectivity index (χ3v) is 4.34. The number of hydrogen-bond acceptors (Lipinski definition) is 3. The first-order valence-electron chi connectivity index (χ1n) is 7.15. The van der Waals surface area contributed by atoms with Crippen LogP contribution in [0.15, 0.2) is 6.07 Å². The summed E-state index contributed by atoms with van der Waals surface area (Å²) in [5.41, 5.74) is 2.03. The van der Waals surface area contributed by atoms with E-state index in [1.165, 1.54) is 12.8 Å². The van der Waals surface area contributed by atoms with Crippen LogP contribution >= 0.6 is 0 Å². The van der Waals surface area contributed by atoms with Crippen LogP contribution in [0.4, 0.5) is 0 Å². The molecular weight excluding hydrogens is 240 g/mol. The van der Waals surface area contributed by atoms with Crippen molar-refractivity contribution < 1.29 is 4.79 Å². The summed E-state index contributed by atoms with van der Waals surface area (Å²) in [6, 6.07) is 2.52. The number of carbonyl (C=O) groups is 1. The SMILES string of the molecule is Cc1cc(C)n(CC(=O)N2C[C@@H]3CCCN[C@@H]3C2)n1. The number of fused-ring (bicyclic) bond motifs is 1. The Morgan fingerprint density at radius 1 is 1.47 bits per heavy atom. The highest BCUT2D eigenvalue weighted by Gasteiger charge is 2.36. The summed E-state index contributed by atoms with van der Waals surface area (Å²) in [6.07, 6.45) is 2.49. The summed E-state index contributed by atoms with van der Waals surface area (Å²) >= 11 is 0. The Morgan fingerprint density at radius 3 is 3.00 bits per heavy atom. The Balaban J connectivity index is 1.63. The Labute approximate surface area is 114 Å². The minimum Gasteiger partial charge on any atom is -0.339 e. The molecule has 5 nitrogen and oxygen atoms in total. The van der Waals surface area contributed by atoms with Crippen molar-refractivity contribution in [3.05, 3.63) is 17.5 Å². The van der Waals surface area contributed by atoms with Gasteiger partial charge in [0.05, 0.1) is 5.69 Å². The Morgan fingerprint density at radius 2 is 2.32 bits per heavy atom. The first-order valence-corrected chi connectivity index (χ1v) is 7.15. The van der Waals surface area contributed by atoms with E-state index in [4.69, 9.17) is 0 Å². The summed E-state index contributed by atoms with van der Waals surface area (Å²) < 4.78 is 1.81. The van der Waals surface area contributed by atoms with Gasteiger partial charge in [-0.2, -0.15) is 5.10 Å². The Hall–Kier alpha value is -1.36. The molecule has 0 spiro atoms. The number of aryl methyl sites for hydroxylation is 2. The zero-order valence-corrected chi connectivity index (χ0v) is 11.7. The van der Waals surface area contributed by atoms with Crippen molar-refractivity contribution in [1.29, 1.82) is 0 Å². The molecule has 3 heterocycles. The van der Waals surface area contributed by atoms with Crippen molar-refractivity contribution >= 4 is 5.91 Å². The van der Waals surface area contributed by atoms with Crippen LogP contribution < -0.4 is 5.32 Å². The van der Waals surface area contributed by atoms with E-state index < -0.39 is 0 Å². The highest BCUT2D eigenvalue weighted by molar-refractivity contribution is 5.76. The fourth-order valence-electron chi connectivity index (χ4n) is 3.31. The van der Waals surface area contributed by atoms with Gasteiger partial charge in [-0.15, -0.1) is 0 Å². The van der Waals surface area contributed by atoms with Crippen LogP contribution in [0.5, 0.6) is 0 Å². The van der Waals surface area contributed by atoms with Gasteiger partial charge in [0.1, 0.15) is 6.54 Å². The maximum atomic E-state index is 12.4. The number of amides is 1. The van der Waals surface area contributed by atoms with Crippen molar-refractivity contribution in [2.45, 2.75) is 39.3 Å². The van der Waals surface area contributed by atoms with E-state index >= 15 is 0 Å². The molecule has 3 rings (SSSR count). The minimum absolute atomic E-state index is 0.197. The van der Waals surface area contributed by atoms with E-state index in [0.29, 0.717) is 18.5 Å². The summed E-state index contributed by atoms with van der Waals surface area (Å²) in [5, 5.41) is 7.89. The van der Waals surface area contributed by atoms with E-state index in [0.717, 1.165) is 31.0 Å². The van der Waals surface area contributed by atoms with Crippen LogP contribution in [0.2, 0.25) is 0 Å². The predicted molar refractivity (Wildman–Crippen MR) is 72.8 cm³/mol. The topological polar surface area (TPSA) is 50.2 Å². The third kappa shape index (κ3) is 2.52. The maximum absolute atomic E-state index is 12.4. The molecule has 0 saturated carbocycles. The van der Waals surface area contributed by atoms with Crippen LogP contribution in [0, 0.1) is 19.8 Å². The molecule has 1 aromatic rings. The van der Waals surface area contributed by atoms with Gasteiger partial charge in [-0.25, -0.2) is 0 Å². The van der Waals surface area contributed by atoms with Gasteiger partial charge in [0, 0.05) is 24.8 Å². The maximum Gasteiger partial charge on any atom is 0.244 e. The molecule has 2 fully saturated rings. The zero-order valence-electron chi connectivity index (χ0n) is 11.7. The molecule has 2 aliphatic rings. The molecule has 0 unspecified atom stereocenters. The van der Waals surface area contributed by atoms with Crippen LogP contribution in [-0.2, 0) is 11.3 Å². The fourth-order valence-corrected chi connectivity index (χ4v) is 3.31. The van der Waals surface area contributed by atoms with Crippen molar-refractivity contribution in [1.82, 2.24) is 20.0 Å². The van der Waals surface area contributed by atoms with E-state index in [1.807, 2.05) is 29.5 Å².